The summed E-state index contributed by atoms with van der Waals surface area (Å²) in [6.07, 6.45) is 0. The minimum atomic E-state index is -0.333. The molecule has 1 heterocycles. The normalized spacial score (nSPS) is 25.1. The number of hydrogen-bond acceptors (Lipinski definition) is 4. The van der Waals surface area contributed by atoms with Crippen molar-refractivity contribution in [1.82, 2.24) is 5.06 Å². The van der Waals surface area contributed by atoms with Crippen LogP contribution in [-0.2, 0) is 16.2 Å². The fraction of sp³-hybridized carbons (Fsp3) is 0.462. The minimum Gasteiger partial charge on any atom is -0.396 e. The monoisotopic (exact) mass is 235 g/mol. The molecule has 4 nitrogen and oxygen atoms in total. The number of ketones is 1. The van der Waals surface area contributed by atoms with Crippen molar-refractivity contribution >= 4 is 5.78 Å². The highest BCUT2D eigenvalue weighted by Crippen LogP contribution is 2.23. The van der Waals surface area contributed by atoms with Crippen LogP contribution in [0.2, 0.25) is 0 Å². The molecule has 0 bridgehead atoms. The van der Waals surface area contributed by atoms with Gasteiger partial charge in [0.05, 0.1) is 13.2 Å². The van der Waals surface area contributed by atoms with Gasteiger partial charge in [-0.15, -0.1) is 0 Å². The molecular weight excluding hydrogens is 218 g/mol. The number of carbonyl (C=O) groups excluding carboxylic acids is 1. The Morgan fingerprint density at radius 3 is 2.76 bits per heavy atom. The highest BCUT2D eigenvalue weighted by atomic mass is 16.7. The molecule has 2 rings (SSSR count). The van der Waals surface area contributed by atoms with Crippen LogP contribution in [0.4, 0.5) is 0 Å². The number of aliphatic hydroxyl groups excluding tert-OH is 1. The third-order valence-electron chi connectivity index (χ3n) is 3.04. The Bertz CT molecular complexity index is 380. The molecule has 1 N–H and O–H groups in total. The van der Waals surface area contributed by atoms with Crippen LogP contribution in [-0.4, -0.2) is 35.2 Å². The van der Waals surface area contributed by atoms with Gasteiger partial charge in [0, 0.05) is 12.5 Å². The lowest BCUT2D eigenvalue weighted by Crippen LogP contribution is -2.38. The van der Waals surface area contributed by atoms with Crippen LogP contribution in [0, 0.1) is 5.92 Å². The van der Waals surface area contributed by atoms with E-state index in [1.165, 1.54) is 0 Å². The summed E-state index contributed by atoms with van der Waals surface area (Å²) in [5, 5.41) is 10.9. The molecule has 0 aromatic heterocycles. The molecule has 0 saturated carbocycles. The number of benzene rings is 1. The molecule has 1 saturated heterocycles. The summed E-state index contributed by atoms with van der Waals surface area (Å²) in [4.78, 5) is 17.1. The smallest absolute Gasteiger partial charge is 0.149 e. The predicted octanol–water partition coefficient (Wildman–Crippen LogP) is 1.000. The van der Waals surface area contributed by atoms with Gasteiger partial charge in [0.15, 0.2) is 0 Å². The molecule has 1 aromatic carbocycles. The van der Waals surface area contributed by atoms with Gasteiger partial charge in [0.25, 0.3) is 0 Å². The van der Waals surface area contributed by atoms with Crippen molar-refractivity contribution in [2.45, 2.75) is 19.5 Å². The molecule has 0 radical (unpaired) electrons. The maximum atomic E-state index is 11.6. The Hall–Kier alpha value is -1.23. The van der Waals surface area contributed by atoms with Crippen LogP contribution in [0.15, 0.2) is 30.3 Å². The molecule has 4 heteroatoms. The van der Waals surface area contributed by atoms with E-state index in [2.05, 4.69) is 0 Å². The first kappa shape index (κ1) is 12.2. The Balaban J connectivity index is 2.08. The summed E-state index contributed by atoms with van der Waals surface area (Å²) in [7, 11) is 0. The number of rotatable bonds is 4. The van der Waals surface area contributed by atoms with E-state index in [-0.39, 0.29) is 24.3 Å². The van der Waals surface area contributed by atoms with E-state index in [9.17, 15) is 9.90 Å². The van der Waals surface area contributed by atoms with Crippen molar-refractivity contribution in [3.8, 4) is 0 Å². The fourth-order valence-electron chi connectivity index (χ4n) is 2.19. The lowest BCUT2D eigenvalue weighted by molar-refractivity contribution is -0.154. The number of hydrogen-bond donors (Lipinski definition) is 1. The minimum absolute atomic E-state index is 0.0183. The average Bonchev–Trinajstić information content (AvgIpc) is 2.73. The van der Waals surface area contributed by atoms with Gasteiger partial charge in [0.2, 0.25) is 0 Å². The second-order valence-electron chi connectivity index (χ2n) is 4.35. The van der Waals surface area contributed by atoms with Crippen molar-refractivity contribution in [3.63, 3.8) is 0 Å². The Morgan fingerprint density at radius 1 is 1.47 bits per heavy atom. The van der Waals surface area contributed by atoms with Gasteiger partial charge in [0.1, 0.15) is 11.8 Å². The van der Waals surface area contributed by atoms with E-state index in [1.807, 2.05) is 30.3 Å². The first-order valence-corrected chi connectivity index (χ1v) is 5.77. The molecule has 0 spiro atoms. The van der Waals surface area contributed by atoms with E-state index in [4.69, 9.17) is 4.84 Å². The van der Waals surface area contributed by atoms with Gasteiger partial charge in [-0.05, 0) is 12.5 Å². The van der Waals surface area contributed by atoms with Crippen molar-refractivity contribution in [2.24, 2.45) is 5.92 Å². The fourth-order valence-corrected chi connectivity index (χ4v) is 2.19. The van der Waals surface area contributed by atoms with E-state index in [0.29, 0.717) is 13.2 Å². The molecule has 92 valence electrons. The van der Waals surface area contributed by atoms with Crippen LogP contribution >= 0.6 is 0 Å². The summed E-state index contributed by atoms with van der Waals surface area (Å²) < 4.78 is 0. The summed E-state index contributed by atoms with van der Waals surface area (Å²) in [5.41, 5.74) is 1.09. The van der Waals surface area contributed by atoms with E-state index >= 15 is 0 Å². The zero-order valence-corrected chi connectivity index (χ0v) is 9.87. The summed E-state index contributed by atoms with van der Waals surface area (Å²) >= 11 is 0. The quantitative estimate of drug-likeness (QED) is 0.846. The van der Waals surface area contributed by atoms with Gasteiger partial charge in [-0.25, -0.2) is 0 Å². The highest BCUT2D eigenvalue weighted by Gasteiger charge is 2.38. The van der Waals surface area contributed by atoms with Gasteiger partial charge in [-0.2, -0.15) is 5.06 Å². The number of carbonyl (C=O) groups is 1. The number of nitrogens with zero attached hydrogens (tertiary/aromatic N) is 1. The Morgan fingerprint density at radius 2 is 2.18 bits per heavy atom. The largest absolute Gasteiger partial charge is 0.396 e. The van der Waals surface area contributed by atoms with Crippen LogP contribution < -0.4 is 0 Å². The molecule has 1 aliphatic rings. The Labute approximate surface area is 101 Å². The molecule has 2 atom stereocenters. The maximum absolute atomic E-state index is 11.6. The molecular formula is C13H17NO3. The van der Waals surface area contributed by atoms with Gasteiger partial charge in [-0.3, -0.25) is 9.63 Å². The maximum Gasteiger partial charge on any atom is 0.149 e. The molecule has 1 fully saturated rings. The van der Waals surface area contributed by atoms with Gasteiger partial charge >= 0.3 is 0 Å². The summed E-state index contributed by atoms with van der Waals surface area (Å²) in [6, 6.07) is 9.52. The van der Waals surface area contributed by atoms with Crippen molar-refractivity contribution in [1.29, 1.82) is 0 Å². The van der Waals surface area contributed by atoms with Crippen LogP contribution in [0.5, 0.6) is 0 Å². The van der Waals surface area contributed by atoms with E-state index in [0.717, 1.165) is 5.56 Å². The second kappa shape index (κ2) is 5.40. The predicted molar refractivity (Wildman–Crippen MR) is 63.0 cm³/mol. The van der Waals surface area contributed by atoms with Crippen molar-refractivity contribution in [2.75, 3.05) is 13.2 Å². The number of hydroxylamine groups is 2. The third-order valence-corrected chi connectivity index (χ3v) is 3.04. The standard InChI is InChI=1S/C13H17NO3/c1-10(16)13-12(8-15)9-17-14(13)7-11-5-3-2-4-6-11/h2-6,12-13,15H,7-9H2,1H3/t12-,13+/m0/s1. The van der Waals surface area contributed by atoms with Gasteiger partial charge in [-0.1, -0.05) is 30.3 Å². The van der Waals surface area contributed by atoms with Crippen LogP contribution in [0.25, 0.3) is 0 Å². The lowest BCUT2D eigenvalue weighted by Gasteiger charge is -2.22. The zero-order valence-electron chi connectivity index (χ0n) is 9.87. The average molecular weight is 235 g/mol. The van der Waals surface area contributed by atoms with Crippen molar-refractivity contribution in [3.05, 3.63) is 35.9 Å². The molecule has 0 amide bonds. The van der Waals surface area contributed by atoms with Crippen LogP contribution in [0.3, 0.4) is 0 Å². The summed E-state index contributed by atoms with van der Waals surface area (Å²) in [6.45, 7) is 2.50. The number of Topliss-reactive ketones (excluding diaryl/α,β-unsaturated/α-hetero) is 1. The second-order valence-corrected chi connectivity index (χ2v) is 4.35. The summed E-state index contributed by atoms with van der Waals surface area (Å²) in [5.74, 6) is -0.0753. The molecule has 17 heavy (non-hydrogen) atoms. The lowest BCUT2D eigenvalue weighted by atomic mass is 9.99. The molecule has 0 unspecified atom stereocenters. The van der Waals surface area contributed by atoms with Gasteiger partial charge < -0.3 is 5.11 Å². The third kappa shape index (κ3) is 2.72. The SMILES string of the molecule is CC(=O)[C@@H]1[C@@H](CO)CON1Cc1ccccc1. The van der Waals surface area contributed by atoms with Crippen LogP contribution in [0.1, 0.15) is 12.5 Å². The topological polar surface area (TPSA) is 49.8 Å². The van der Waals surface area contributed by atoms with E-state index in [1.54, 1.807) is 12.0 Å². The molecule has 0 aliphatic carbocycles. The molecule has 1 aliphatic heterocycles. The molecule has 1 aromatic rings. The first-order chi connectivity index (χ1) is 8.22. The number of aliphatic hydroxyl groups is 1. The highest BCUT2D eigenvalue weighted by molar-refractivity contribution is 5.81. The zero-order chi connectivity index (χ0) is 12.3. The van der Waals surface area contributed by atoms with E-state index < -0.39 is 0 Å². The first-order valence-electron chi connectivity index (χ1n) is 5.77. The van der Waals surface area contributed by atoms with Crippen molar-refractivity contribution < 1.29 is 14.7 Å². The Kier molecular flexibility index (Phi) is 3.89.